The summed E-state index contributed by atoms with van der Waals surface area (Å²) in [6, 6.07) is 8.46. The minimum Gasteiger partial charge on any atom is -0.356 e. The Balaban J connectivity index is 1.49. The maximum absolute atomic E-state index is 4.85. The van der Waals surface area contributed by atoms with Crippen LogP contribution < -0.4 is 4.90 Å². The Bertz CT molecular complexity index is 1090. The molecule has 5 rings (SSSR count). The average molecular weight is 347 g/mol. The summed E-state index contributed by atoms with van der Waals surface area (Å²) in [4.78, 5) is 19.5. The van der Waals surface area contributed by atoms with Gasteiger partial charge in [0.2, 0.25) is 0 Å². The Morgan fingerprint density at radius 2 is 2.08 bits per heavy atom. The summed E-state index contributed by atoms with van der Waals surface area (Å²) in [5.74, 6) is 3.17. The number of piperidine rings is 1. The summed E-state index contributed by atoms with van der Waals surface area (Å²) >= 11 is 0. The number of aryl methyl sites for hydroxylation is 2. The van der Waals surface area contributed by atoms with Crippen molar-refractivity contribution in [1.29, 1.82) is 0 Å². The fourth-order valence-electron chi connectivity index (χ4n) is 3.88. The van der Waals surface area contributed by atoms with Gasteiger partial charge in [0.05, 0.1) is 11.0 Å². The molecule has 1 saturated heterocycles. The number of imidazole rings is 1. The van der Waals surface area contributed by atoms with Gasteiger partial charge in [-0.3, -0.25) is 0 Å². The van der Waals surface area contributed by atoms with Crippen LogP contribution in [0.15, 0.2) is 30.6 Å². The van der Waals surface area contributed by atoms with E-state index in [1.54, 1.807) is 6.33 Å². The summed E-state index contributed by atoms with van der Waals surface area (Å²) in [7, 11) is 0. The normalized spacial score (nSPS) is 18.1. The molecule has 1 aromatic carbocycles. The van der Waals surface area contributed by atoms with Crippen LogP contribution in [-0.4, -0.2) is 42.6 Å². The van der Waals surface area contributed by atoms with Gasteiger partial charge in [0.15, 0.2) is 0 Å². The number of fused-ring (bicyclic) bond motifs is 2. The fourth-order valence-corrected chi connectivity index (χ4v) is 3.88. The summed E-state index contributed by atoms with van der Waals surface area (Å²) in [5, 5.41) is 4.36. The van der Waals surface area contributed by atoms with Crippen molar-refractivity contribution in [3.63, 3.8) is 0 Å². The van der Waals surface area contributed by atoms with E-state index in [1.165, 1.54) is 5.56 Å². The van der Waals surface area contributed by atoms with E-state index in [-0.39, 0.29) is 0 Å². The third-order valence-electron chi connectivity index (χ3n) is 5.15. The molecule has 3 aromatic heterocycles. The number of nitrogens with one attached hydrogen (secondary N) is 1. The van der Waals surface area contributed by atoms with Gasteiger partial charge >= 0.3 is 0 Å². The van der Waals surface area contributed by atoms with Crippen molar-refractivity contribution in [2.24, 2.45) is 0 Å². The highest BCUT2D eigenvalue weighted by Crippen LogP contribution is 2.30. The maximum atomic E-state index is 4.85. The molecule has 0 radical (unpaired) electrons. The van der Waals surface area contributed by atoms with Gasteiger partial charge in [-0.25, -0.2) is 9.97 Å². The number of aromatic nitrogens is 6. The highest BCUT2D eigenvalue weighted by Gasteiger charge is 2.26. The number of hydrogen-bond donors (Lipinski definition) is 1. The third-order valence-corrected chi connectivity index (χ3v) is 5.15. The van der Waals surface area contributed by atoms with Crippen molar-refractivity contribution in [3.8, 4) is 0 Å². The van der Waals surface area contributed by atoms with Crippen molar-refractivity contribution in [1.82, 2.24) is 29.5 Å². The highest BCUT2D eigenvalue weighted by molar-refractivity contribution is 5.76. The highest BCUT2D eigenvalue weighted by atomic mass is 15.4. The van der Waals surface area contributed by atoms with E-state index < -0.39 is 0 Å². The number of nitrogens with zero attached hydrogens (tertiary/aromatic N) is 6. The van der Waals surface area contributed by atoms with Crippen LogP contribution in [0.3, 0.4) is 0 Å². The molecule has 1 fully saturated rings. The van der Waals surface area contributed by atoms with Crippen LogP contribution in [0, 0.1) is 13.8 Å². The van der Waals surface area contributed by atoms with Crippen molar-refractivity contribution in [2.75, 3.05) is 18.0 Å². The maximum Gasteiger partial charge on any atom is 0.254 e. The lowest BCUT2D eigenvalue weighted by Crippen LogP contribution is -2.36. The monoisotopic (exact) mass is 347 g/mol. The van der Waals surface area contributed by atoms with E-state index in [0.717, 1.165) is 54.3 Å². The summed E-state index contributed by atoms with van der Waals surface area (Å²) < 4.78 is 1.83. The minimum absolute atomic E-state index is 0.378. The van der Waals surface area contributed by atoms with Crippen molar-refractivity contribution >= 4 is 22.6 Å². The van der Waals surface area contributed by atoms with Crippen molar-refractivity contribution in [3.05, 3.63) is 47.7 Å². The van der Waals surface area contributed by atoms with Crippen LogP contribution in [-0.2, 0) is 0 Å². The second-order valence-corrected chi connectivity index (χ2v) is 7.16. The predicted octanol–water partition coefficient (Wildman–Crippen LogP) is 3.00. The molecule has 7 nitrogen and oxygen atoms in total. The smallest absolute Gasteiger partial charge is 0.254 e. The number of benzene rings is 1. The second-order valence-electron chi connectivity index (χ2n) is 7.16. The summed E-state index contributed by atoms with van der Waals surface area (Å²) in [5.41, 5.74) is 4.37. The van der Waals surface area contributed by atoms with Gasteiger partial charge in [0.25, 0.3) is 5.78 Å². The fraction of sp³-hybridized carbons (Fsp3) is 0.368. The Morgan fingerprint density at radius 3 is 3.00 bits per heavy atom. The molecule has 1 aliphatic heterocycles. The molecule has 1 N–H and O–H groups in total. The molecule has 0 aliphatic carbocycles. The largest absolute Gasteiger partial charge is 0.356 e. The average Bonchev–Trinajstić information content (AvgIpc) is 3.27. The zero-order chi connectivity index (χ0) is 17.7. The molecular formula is C19H21N7. The van der Waals surface area contributed by atoms with Crippen LogP contribution >= 0.6 is 0 Å². The first-order valence-corrected chi connectivity index (χ1v) is 9.06. The molecule has 0 unspecified atom stereocenters. The van der Waals surface area contributed by atoms with Crippen molar-refractivity contribution < 1.29 is 0 Å². The molecule has 0 amide bonds. The number of rotatable bonds is 2. The molecule has 1 atom stereocenters. The first-order valence-electron chi connectivity index (χ1n) is 9.06. The van der Waals surface area contributed by atoms with Crippen LogP contribution in [0.25, 0.3) is 16.8 Å². The first kappa shape index (κ1) is 15.3. The minimum atomic E-state index is 0.378. The van der Waals surface area contributed by atoms with E-state index in [4.69, 9.17) is 4.98 Å². The second kappa shape index (κ2) is 5.79. The predicted molar refractivity (Wildman–Crippen MR) is 101 cm³/mol. The van der Waals surface area contributed by atoms with Gasteiger partial charge in [-0.05, 0) is 44.4 Å². The van der Waals surface area contributed by atoms with E-state index in [9.17, 15) is 0 Å². The lowest BCUT2D eigenvalue weighted by Gasteiger charge is -2.33. The lowest BCUT2D eigenvalue weighted by atomic mass is 9.97. The lowest BCUT2D eigenvalue weighted by molar-refractivity contribution is 0.489. The Kier molecular flexibility index (Phi) is 3.41. The van der Waals surface area contributed by atoms with Gasteiger partial charge in [0, 0.05) is 30.8 Å². The Morgan fingerprint density at radius 1 is 1.15 bits per heavy atom. The van der Waals surface area contributed by atoms with Gasteiger partial charge in [0.1, 0.15) is 18.0 Å². The number of H-pyrrole nitrogens is 1. The molecule has 4 heterocycles. The number of anilines is 1. The van der Waals surface area contributed by atoms with Crippen LogP contribution in [0.5, 0.6) is 0 Å². The molecule has 1 aliphatic rings. The van der Waals surface area contributed by atoms with Gasteiger partial charge < -0.3 is 9.88 Å². The number of hydrogen-bond acceptors (Lipinski definition) is 5. The Hall–Kier alpha value is -2.96. The molecule has 0 saturated carbocycles. The molecule has 26 heavy (non-hydrogen) atoms. The molecule has 7 heteroatoms. The van der Waals surface area contributed by atoms with Gasteiger partial charge in [-0.1, -0.05) is 6.07 Å². The van der Waals surface area contributed by atoms with Gasteiger partial charge in [-0.15, -0.1) is 0 Å². The van der Waals surface area contributed by atoms with Crippen LogP contribution in [0.1, 0.15) is 35.8 Å². The third kappa shape index (κ3) is 2.51. The molecule has 0 spiro atoms. The molecule has 4 aromatic rings. The molecular weight excluding hydrogens is 326 g/mol. The van der Waals surface area contributed by atoms with Gasteiger partial charge in [-0.2, -0.15) is 14.6 Å². The van der Waals surface area contributed by atoms with E-state index >= 15 is 0 Å². The van der Waals surface area contributed by atoms with E-state index in [0.29, 0.717) is 11.7 Å². The van der Waals surface area contributed by atoms with E-state index in [1.807, 2.05) is 11.4 Å². The zero-order valence-corrected chi connectivity index (χ0v) is 15.0. The van der Waals surface area contributed by atoms with Crippen LogP contribution in [0.4, 0.5) is 5.82 Å². The van der Waals surface area contributed by atoms with Crippen LogP contribution in [0.2, 0.25) is 0 Å². The van der Waals surface area contributed by atoms with E-state index in [2.05, 4.69) is 56.1 Å². The molecule has 0 bridgehead atoms. The summed E-state index contributed by atoms with van der Waals surface area (Å²) in [6.07, 6.45) is 3.83. The van der Waals surface area contributed by atoms with Crippen molar-refractivity contribution in [2.45, 2.75) is 32.6 Å². The number of aromatic amines is 1. The summed E-state index contributed by atoms with van der Waals surface area (Å²) in [6.45, 7) is 6.03. The topological polar surface area (TPSA) is 75.0 Å². The Labute approximate surface area is 151 Å². The standard InChI is InChI=1S/C19H21N7/c1-12-5-6-15-16(8-12)24-18(23-15)14-4-3-7-25(10-14)17-9-13(2)22-19-20-11-21-26(17)19/h5-6,8-9,11,14H,3-4,7,10H2,1-2H3,(H,23,24)/t14-/m1/s1. The quantitative estimate of drug-likeness (QED) is 0.603. The zero-order valence-electron chi connectivity index (χ0n) is 15.0. The SMILES string of the molecule is Cc1ccc2nc([C@@H]3CCCN(c4cc(C)nc5ncnn45)C3)[nH]c2c1. The molecule has 132 valence electrons. The first-order chi connectivity index (χ1) is 12.7.